The van der Waals surface area contributed by atoms with Gasteiger partial charge in [0.2, 0.25) is 0 Å². The maximum Gasteiger partial charge on any atom is 0.416 e. The van der Waals surface area contributed by atoms with E-state index >= 15 is 0 Å². The van der Waals surface area contributed by atoms with Crippen LogP contribution in [0.4, 0.5) is 13.2 Å². The van der Waals surface area contributed by atoms with Crippen LogP contribution in [-0.2, 0) is 12.7 Å². The van der Waals surface area contributed by atoms with Crippen molar-refractivity contribution in [2.24, 2.45) is 0 Å². The Balaban J connectivity index is 2.36. The fraction of sp³-hybridized carbons (Fsp3) is 0.250. The summed E-state index contributed by atoms with van der Waals surface area (Å²) < 4.78 is 39.6. The predicted octanol–water partition coefficient (Wildman–Crippen LogP) is 3.06. The lowest BCUT2D eigenvalue weighted by Crippen LogP contribution is -2.10. The molecule has 89 valence electrons. The molecule has 0 amide bonds. The zero-order valence-electron chi connectivity index (χ0n) is 9.12. The fourth-order valence-electron chi connectivity index (χ4n) is 1.68. The molecular formula is C12H10F3N2. The van der Waals surface area contributed by atoms with Gasteiger partial charge in [-0.25, -0.2) is 0 Å². The first-order valence-corrected chi connectivity index (χ1v) is 5.02. The Morgan fingerprint density at radius 2 is 2.12 bits per heavy atom. The molecule has 1 radical (unpaired) electrons. The molecule has 0 aliphatic heterocycles. The molecule has 0 aliphatic rings. The van der Waals surface area contributed by atoms with Gasteiger partial charge in [0, 0.05) is 12.3 Å². The highest BCUT2D eigenvalue weighted by molar-refractivity contribution is 5.36. The van der Waals surface area contributed by atoms with Crippen molar-refractivity contribution in [3.05, 3.63) is 53.3 Å². The molecule has 17 heavy (non-hydrogen) atoms. The van der Waals surface area contributed by atoms with Gasteiger partial charge in [0.15, 0.2) is 0 Å². The van der Waals surface area contributed by atoms with Crippen LogP contribution in [0.5, 0.6) is 0 Å². The third kappa shape index (κ3) is 2.49. The van der Waals surface area contributed by atoms with Gasteiger partial charge in [-0.2, -0.15) is 18.3 Å². The average molecular weight is 239 g/mol. The molecule has 1 aromatic heterocycles. The molecule has 0 spiro atoms. The summed E-state index contributed by atoms with van der Waals surface area (Å²) >= 11 is 0. The van der Waals surface area contributed by atoms with Crippen molar-refractivity contribution in [1.82, 2.24) is 9.78 Å². The van der Waals surface area contributed by atoms with E-state index in [4.69, 9.17) is 0 Å². The molecule has 2 nitrogen and oxygen atoms in total. The third-order valence-corrected chi connectivity index (χ3v) is 2.59. The SMILES string of the molecule is Cc1c(Cn2c[c]cn2)cccc1C(F)(F)F. The predicted molar refractivity (Wildman–Crippen MR) is 56.3 cm³/mol. The maximum absolute atomic E-state index is 12.7. The number of hydrogen-bond acceptors (Lipinski definition) is 1. The first-order valence-electron chi connectivity index (χ1n) is 5.02. The first-order chi connectivity index (χ1) is 7.98. The van der Waals surface area contributed by atoms with Gasteiger partial charge in [-0.1, -0.05) is 12.1 Å². The number of alkyl halides is 3. The Morgan fingerprint density at radius 3 is 2.71 bits per heavy atom. The van der Waals surface area contributed by atoms with Crippen LogP contribution in [0.15, 0.2) is 30.6 Å². The Hall–Kier alpha value is -1.78. The monoisotopic (exact) mass is 239 g/mol. The zero-order chi connectivity index (χ0) is 12.5. The number of nitrogens with zero attached hydrogens (tertiary/aromatic N) is 2. The van der Waals surface area contributed by atoms with Crippen LogP contribution in [0.2, 0.25) is 0 Å². The van der Waals surface area contributed by atoms with Crippen LogP contribution < -0.4 is 0 Å². The maximum atomic E-state index is 12.7. The van der Waals surface area contributed by atoms with Gasteiger partial charge in [-0.15, -0.1) is 0 Å². The summed E-state index contributed by atoms with van der Waals surface area (Å²) in [6, 6.07) is 6.92. The van der Waals surface area contributed by atoms with Crippen molar-refractivity contribution in [3.63, 3.8) is 0 Å². The highest BCUT2D eigenvalue weighted by atomic mass is 19.4. The van der Waals surface area contributed by atoms with Gasteiger partial charge in [0.1, 0.15) is 0 Å². The molecule has 2 rings (SSSR count). The zero-order valence-corrected chi connectivity index (χ0v) is 9.12. The van der Waals surface area contributed by atoms with Crippen LogP contribution in [0.25, 0.3) is 0 Å². The van der Waals surface area contributed by atoms with Crippen molar-refractivity contribution in [3.8, 4) is 0 Å². The van der Waals surface area contributed by atoms with Gasteiger partial charge in [0.25, 0.3) is 0 Å². The van der Waals surface area contributed by atoms with E-state index in [1.54, 1.807) is 16.9 Å². The van der Waals surface area contributed by atoms with Crippen molar-refractivity contribution >= 4 is 0 Å². The molecule has 0 bridgehead atoms. The second-order valence-electron chi connectivity index (χ2n) is 3.73. The quantitative estimate of drug-likeness (QED) is 0.787. The van der Waals surface area contributed by atoms with Gasteiger partial charge in [-0.3, -0.25) is 4.68 Å². The van der Waals surface area contributed by atoms with Crippen molar-refractivity contribution < 1.29 is 13.2 Å². The van der Waals surface area contributed by atoms with E-state index in [-0.39, 0.29) is 5.56 Å². The molecule has 5 heteroatoms. The van der Waals surface area contributed by atoms with Gasteiger partial charge in [0.05, 0.1) is 18.3 Å². The van der Waals surface area contributed by atoms with Crippen LogP contribution >= 0.6 is 0 Å². The standard InChI is InChI=1S/C12H10F3N2/c1-9-10(8-17-7-3-6-16-17)4-2-5-11(9)12(13,14)15/h2,4-7H,8H2,1H3. The molecule has 2 aromatic rings. The normalized spacial score (nSPS) is 11.8. The fourth-order valence-corrected chi connectivity index (χ4v) is 1.68. The molecular weight excluding hydrogens is 229 g/mol. The smallest absolute Gasteiger partial charge is 0.268 e. The molecule has 0 aliphatic carbocycles. The van der Waals surface area contributed by atoms with E-state index in [0.29, 0.717) is 12.1 Å². The third-order valence-electron chi connectivity index (χ3n) is 2.59. The summed E-state index contributed by atoms with van der Waals surface area (Å²) in [5, 5.41) is 3.92. The molecule has 0 saturated heterocycles. The summed E-state index contributed by atoms with van der Waals surface area (Å²) in [5.74, 6) is 0. The second kappa shape index (κ2) is 4.24. The van der Waals surface area contributed by atoms with Gasteiger partial charge < -0.3 is 0 Å². The summed E-state index contributed by atoms with van der Waals surface area (Å²) in [7, 11) is 0. The van der Waals surface area contributed by atoms with E-state index in [1.807, 2.05) is 0 Å². The minimum absolute atomic E-state index is 0.246. The number of aromatic nitrogens is 2. The van der Waals surface area contributed by atoms with Crippen LogP contribution in [0.3, 0.4) is 0 Å². The summed E-state index contributed by atoms with van der Waals surface area (Å²) in [6.45, 7) is 1.80. The van der Waals surface area contributed by atoms with E-state index in [1.165, 1.54) is 19.2 Å². The van der Waals surface area contributed by atoms with Crippen molar-refractivity contribution in [1.29, 1.82) is 0 Å². The number of rotatable bonds is 2. The van der Waals surface area contributed by atoms with Crippen LogP contribution in [0.1, 0.15) is 16.7 Å². The lowest BCUT2D eigenvalue weighted by molar-refractivity contribution is -0.138. The number of hydrogen-bond donors (Lipinski definition) is 0. The Kier molecular flexibility index (Phi) is 2.92. The van der Waals surface area contributed by atoms with Crippen molar-refractivity contribution in [2.75, 3.05) is 0 Å². The van der Waals surface area contributed by atoms with Crippen LogP contribution in [-0.4, -0.2) is 9.78 Å². The van der Waals surface area contributed by atoms with Crippen molar-refractivity contribution in [2.45, 2.75) is 19.6 Å². The van der Waals surface area contributed by atoms with Gasteiger partial charge >= 0.3 is 6.18 Å². The topological polar surface area (TPSA) is 17.8 Å². The molecule has 0 atom stereocenters. The summed E-state index contributed by atoms with van der Waals surface area (Å²) in [6.07, 6.45) is -1.24. The first kappa shape index (κ1) is 11.7. The molecule has 0 saturated carbocycles. The molecule has 0 fully saturated rings. The van der Waals surface area contributed by atoms with Crippen LogP contribution in [0, 0.1) is 13.0 Å². The minimum Gasteiger partial charge on any atom is -0.268 e. The Bertz CT molecular complexity index is 501. The highest BCUT2D eigenvalue weighted by Crippen LogP contribution is 2.32. The average Bonchev–Trinajstić information content (AvgIpc) is 2.72. The molecule has 0 N–H and O–H groups in total. The van der Waals surface area contributed by atoms with E-state index in [9.17, 15) is 13.2 Å². The van der Waals surface area contributed by atoms with E-state index in [0.717, 1.165) is 6.07 Å². The molecule has 0 unspecified atom stereocenters. The Morgan fingerprint density at radius 1 is 1.35 bits per heavy atom. The molecule has 1 aromatic carbocycles. The lowest BCUT2D eigenvalue weighted by atomic mass is 10.0. The van der Waals surface area contributed by atoms with E-state index in [2.05, 4.69) is 11.2 Å². The molecule has 1 heterocycles. The Labute approximate surface area is 96.7 Å². The minimum atomic E-state index is -4.31. The highest BCUT2D eigenvalue weighted by Gasteiger charge is 2.32. The number of halogens is 3. The number of benzene rings is 1. The lowest BCUT2D eigenvalue weighted by Gasteiger charge is -2.13. The second-order valence-corrected chi connectivity index (χ2v) is 3.73. The van der Waals surface area contributed by atoms with Gasteiger partial charge in [-0.05, 0) is 24.1 Å². The largest absolute Gasteiger partial charge is 0.416 e. The van der Waals surface area contributed by atoms with E-state index < -0.39 is 11.7 Å². The summed E-state index contributed by atoms with van der Waals surface area (Å²) in [4.78, 5) is 0. The summed E-state index contributed by atoms with van der Waals surface area (Å²) in [5.41, 5.74) is 0.263.